The van der Waals surface area contributed by atoms with Crippen molar-refractivity contribution in [2.45, 2.75) is 32.1 Å². The summed E-state index contributed by atoms with van der Waals surface area (Å²) in [6.07, 6.45) is 4.90. The van der Waals surface area contributed by atoms with Crippen LogP contribution in [0.15, 0.2) is 24.3 Å². The summed E-state index contributed by atoms with van der Waals surface area (Å²) in [5.41, 5.74) is 5.93. The van der Waals surface area contributed by atoms with Gasteiger partial charge in [0.05, 0.1) is 5.41 Å². The number of carbonyl (C=O) groups is 1. The van der Waals surface area contributed by atoms with Gasteiger partial charge in [-0.25, -0.2) is 0 Å². The van der Waals surface area contributed by atoms with Gasteiger partial charge in [0.25, 0.3) is 0 Å². The van der Waals surface area contributed by atoms with Crippen LogP contribution in [0.25, 0.3) is 0 Å². The first-order valence-corrected chi connectivity index (χ1v) is 7.93. The minimum absolute atomic E-state index is 0. The molecule has 0 heterocycles. The van der Waals surface area contributed by atoms with E-state index in [0.717, 1.165) is 43.5 Å². The fourth-order valence-corrected chi connectivity index (χ4v) is 3.01. The first-order chi connectivity index (χ1) is 10.7. The fourth-order valence-electron chi connectivity index (χ4n) is 3.01. The highest BCUT2D eigenvalue weighted by molar-refractivity contribution is 5.95. The number of hydrogen-bond acceptors (Lipinski definition) is 4. The lowest BCUT2D eigenvalue weighted by Crippen LogP contribution is -2.34. The molecule has 0 aromatic heterocycles. The number of anilines is 1. The number of hydrogen-bond donors (Lipinski definition) is 2. The highest BCUT2D eigenvalue weighted by Gasteiger charge is 2.40. The molecule has 1 fully saturated rings. The molecule has 0 aliphatic heterocycles. The van der Waals surface area contributed by atoms with Gasteiger partial charge in [-0.2, -0.15) is 0 Å². The van der Waals surface area contributed by atoms with Gasteiger partial charge in [-0.3, -0.25) is 4.79 Å². The fraction of sp³-hybridized carbons (Fsp3) is 0.588. The van der Waals surface area contributed by atoms with Crippen LogP contribution >= 0.6 is 12.4 Å². The molecule has 1 aromatic carbocycles. The predicted molar refractivity (Wildman–Crippen MR) is 94.3 cm³/mol. The van der Waals surface area contributed by atoms with Crippen molar-refractivity contribution in [3.8, 4) is 5.75 Å². The quantitative estimate of drug-likeness (QED) is 0.761. The molecule has 1 saturated carbocycles. The summed E-state index contributed by atoms with van der Waals surface area (Å²) < 4.78 is 10.6. The van der Waals surface area contributed by atoms with E-state index < -0.39 is 0 Å². The maximum Gasteiger partial charge on any atom is 0.230 e. The Morgan fingerprint density at radius 1 is 1.22 bits per heavy atom. The van der Waals surface area contributed by atoms with Gasteiger partial charge in [0, 0.05) is 25.9 Å². The lowest BCUT2D eigenvalue weighted by molar-refractivity contribution is -0.126. The van der Waals surface area contributed by atoms with Crippen molar-refractivity contribution in [3.63, 3.8) is 0 Å². The minimum atomic E-state index is -0.273. The molecular formula is C17H27ClN2O3. The number of halogens is 1. The second-order valence-corrected chi connectivity index (χ2v) is 5.85. The molecule has 1 aromatic rings. The van der Waals surface area contributed by atoms with Gasteiger partial charge < -0.3 is 20.5 Å². The summed E-state index contributed by atoms with van der Waals surface area (Å²) >= 11 is 0. The SMILES string of the molecule is COCCC1(C(=O)Nc2ccc(OCCN)cc2)CCCC1.Cl. The minimum Gasteiger partial charge on any atom is -0.492 e. The van der Waals surface area contributed by atoms with Crippen molar-refractivity contribution < 1.29 is 14.3 Å². The average Bonchev–Trinajstić information content (AvgIpc) is 3.02. The molecule has 0 atom stereocenters. The normalized spacial score (nSPS) is 15.7. The Labute approximate surface area is 144 Å². The van der Waals surface area contributed by atoms with Crippen LogP contribution < -0.4 is 15.8 Å². The van der Waals surface area contributed by atoms with Crippen LogP contribution in [0.3, 0.4) is 0 Å². The zero-order valence-corrected chi connectivity index (χ0v) is 14.5. The second kappa shape index (κ2) is 9.75. The maximum absolute atomic E-state index is 12.7. The number of amides is 1. The lowest BCUT2D eigenvalue weighted by Gasteiger charge is -2.27. The molecule has 6 heteroatoms. The van der Waals surface area contributed by atoms with E-state index >= 15 is 0 Å². The zero-order valence-electron chi connectivity index (χ0n) is 13.7. The first kappa shape index (κ1) is 19.7. The van der Waals surface area contributed by atoms with E-state index in [-0.39, 0.29) is 23.7 Å². The van der Waals surface area contributed by atoms with Crippen molar-refractivity contribution in [3.05, 3.63) is 24.3 Å². The maximum atomic E-state index is 12.7. The van der Waals surface area contributed by atoms with Crippen molar-refractivity contribution in [2.24, 2.45) is 11.1 Å². The summed E-state index contributed by atoms with van der Waals surface area (Å²) in [4.78, 5) is 12.7. The Bertz CT molecular complexity index is 473. The number of methoxy groups -OCH3 is 1. The van der Waals surface area contributed by atoms with Crippen LogP contribution in [-0.2, 0) is 9.53 Å². The highest BCUT2D eigenvalue weighted by Crippen LogP contribution is 2.42. The van der Waals surface area contributed by atoms with E-state index in [2.05, 4.69) is 5.32 Å². The third-order valence-corrected chi connectivity index (χ3v) is 4.33. The van der Waals surface area contributed by atoms with Crippen LogP contribution in [0.4, 0.5) is 5.69 Å². The molecular weight excluding hydrogens is 316 g/mol. The molecule has 1 amide bonds. The van der Waals surface area contributed by atoms with Gasteiger partial charge in [-0.15, -0.1) is 12.4 Å². The molecule has 0 bridgehead atoms. The summed E-state index contributed by atoms with van der Waals surface area (Å²) in [6, 6.07) is 7.43. The van der Waals surface area contributed by atoms with Crippen LogP contribution in [0.2, 0.25) is 0 Å². The largest absolute Gasteiger partial charge is 0.492 e. The standard InChI is InChI=1S/C17H26N2O3.ClH/c1-21-12-10-17(8-2-3-9-17)16(20)19-14-4-6-15(7-5-14)22-13-11-18;/h4-7H,2-3,8-13,18H2,1H3,(H,19,20);1H. The number of benzene rings is 1. The topological polar surface area (TPSA) is 73.6 Å². The molecule has 130 valence electrons. The van der Waals surface area contributed by atoms with Crippen LogP contribution in [0, 0.1) is 5.41 Å². The van der Waals surface area contributed by atoms with Crippen molar-refractivity contribution in [1.29, 1.82) is 0 Å². The molecule has 0 unspecified atom stereocenters. The van der Waals surface area contributed by atoms with Gasteiger partial charge >= 0.3 is 0 Å². The molecule has 1 aliphatic rings. The van der Waals surface area contributed by atoms with E-state index in [4.69, 9.17) is 15.2 Å². The molecule has 2 rings (SSSR count). The summed E-state index contributed by atoms with van der Waals surface area (Å²) in [6.45, 7) is 1.60. The average molecular weight is 343 g/mol. The van der Waals surface area contributed by atoms with E-state index in [9.17, 15) is 4.79 Å². The number of ether oxygens (including phenoxy) is 2. The smallest absolute Gasteiger partial charge is 0.230 e. The van der Waals surface area contributed by atoms with Crippen molar-refractivity contribution >= 4 is 24.0 Å². The van der Waals surface area contributed by atoms with Gasteiger partial charge in [0.2, 0.25) is 5.91 Å². The Balaban J connectivity index is 0.00000264. The van der Waals surface area contributed by atoms with Crippen LogP contribution in [0.5, 0.6) is 5.75 Å². The Kier molecular flexibility index (Phi) is 8.37. The molecule has 1 aliphatic carbocycles. The van der Waals surface area contributed by atoms with Crippen LogP contribution in [0.1, 0.15) is 32.1 Å². The Hall–Kier alpha value is -1.30. The predicted octanol–water partition coefficient (Wildman–Crippen LogP) is 2.98. The highest BCUT2D eigenvalue weighted by atomic mass is 35.5. The molecule has 3 N–H and O–H groups in total. The zero-order chi connectivity index (χ0) is 15.8. The van der Waals surface area contributed by atoms with E-state index in [1.165, 1.54) is 0 Å². The Morgan fingerprint density at radius 2 is 1.87 bits per heavy atom. The first-order valence-electron chi connectivity index (χ1n) is 7.93. The summed E-state index contributed by atoms with van der Waals surface area (Å²) in [5, 5.41) is 3.04. The summed E-state index contributed by atoms with van der Waals surface area (Å²) in [5.74, 6) is 0.871. The van der Waals surface area contributed by atoms with Gasteiger partial charge in [0.15, 0.2) is 0 Å². The number of carbonyl (C=O) groups excluding carboxylic acids is 1. The van der Waals surface area contributed by atoms with E-state index in [1.54, 1.807) is 7.11 Å². The number of nitrogens with one attached hydrogen (secondary N) is 1. The van der Waals surface area contributed by atoms with Crippen molar-refractivity contribution in [1.82, 2.24) is 0 Å². The van der Waals surface area contributed by atoms with Crippen LogP contribution in [-0.4, -0.2) is 32.8 Å². The third-order valence-electron chi connectivity index (χ3n) is 4.33. The molecule has 0 spiro atoms. The number of rotatable bonds is 8. The van der Waals surface area contributed by atoms with E-state index in [0.29, 0.717) is 19.8 Å². The van der Waals surface area contributed by atoms with Gasteiger partial charge in [-0.1, -0.05) is 12.8 Å². The Morgan fingerprint density at radius 3 is 2.43 bits per heavy atom. The van der Waals surface area contributed by atoms with Gasteiger partial charge in [0.1, 0.15) is 12.4 Å². The molecule has 23 heavy (non-hydrogen) atoms. The lowest BCUT2D eigenvalue weighted by atomic mass is 9.82. The molecule has 0 saturated heterocycles. The van der Waals surface area contributed by atoms with E-state index in [1.807, 2.05) is 24.3 Å². The third kappa shape index (κ3) is 5.37. The van der Waals surface area contributed by atoms with Crippen molar-refractivity contribution in [2.75, 3.05) is 32.2 Å². The summed E-state index contributed by atoms with van der Waals surface area (Å²) in [7, 11) is 1.68. The number of nitrogens with two attached hydrogens (primary N) is 1. The monoisotopic (exact) mass is 342 g/mol. The molecule has 5 nitrogen and oxygen atoms in total. The molecule has 0 radical (unpaired) electrons. The second-order valence-electron chi connectivity index (χ2n) is 5.85. The van der Waals surface area contributed by atoms with Gasteiger partial charge in [-0.05, 0) is 43.5 Å².